The van der Waals surface area contributed by atoms with Crippen molar-refractivity contribution in [2.45, 2.75) is 19.0 Å². The summed E-state index contributed by atoms with van der Waals surface area (Å²) in [6, 6.07) is 0. The normalized spacial score (nSPS) is 11.4. The summed E-state index contributed by atoms with van der Waals surface area (Å²) in [5, 5.41) is 0. The highest BCUT2D eigenvalue weighted by molar-refractivity contribution is 5.26. The van der Waals surface area contributed by atoms with Crippen LogP contribution in [0, 0.1) is 5.82 Å². The third kappa shape index (κ3) is 4.81. The summed E-state index contributed by atoms with van der Waals surface area (Å²) in [6.07, 6.45) is -4.72. The predicted octanol–water partition coefficient (Wildman–Crippen LogP) is 1.62. The third-order valence-corrected chi connectivity index (χ3v) is 1.68. The van der Waals surface area contributed by atoms with Gasteiger partial charge in [-0.1, -0.05) is 0 Å². The van der Waals surface area contributed by atoms with Crippen LogP contribution in [0.25, 0.3) is 0 Å². The van der Waals surface area contributed by atoms with Gasteiger partial charge in [0.25, 0.3) is 5.88 Å². The van der Waals surface area contributed by atoms with E-state index < -0.39 is 24.3 Å². The van der Waals surface area contributed by atoms with Crippen molar-refractivity contribution in [2.24, 2.45) is 5.84 Å². The maximum Gasteiger partial charge on any atom is 0.389 e. The van der Waals surface area contributed by atoms with Crippen molar-refractivity contribution in [2.75, 3.05) is 12.0 Å². The fourth-order valence-electron chi connectivity index (χ4n) is 0.964. The molecule has 1 heterocycles. The highest BCUT2D eigenvalue weighted by atomic mass is 19.4. The maximum atomic E-state index is 13.0. The number of alkyl halides is 3. The van der Waals surface area contributed by atoms with Gasteiger partial charge < -0.3 is 4.74 Å². The Labute approximate surface area is 94.0 Å². The monoisotopic (exact) mass is 254 g/mol. The molecular weight excluding hydrogens is 244 g/mol. The second-order valence-corrected chi connectivity index (χ2v) is 3.06. The number of rotatable bonds is 5. The van der Waals surface area contributed by atoms with E-state index in [1.807, 2.05) is 0 Å². The van der Waals surface area contributed by atoms with E-state index >= 15 is 0 Å². The molecule has 0 atom stereocenters. The Morgan fingerprint density at radius 3 is 2.71 bits per heavy atom. The lowest BCUT2D eigenvalue weighted by atomic mass is 10.3. The number of nitrogens with two attached hydrogens (primary N) is 1. The van der Waals surface area contributed by atoms with Crippen LogP contribution in [0.2, 0.25) is 0 Å². The lowest BCUT2D eigenvalue weighted by Gasteiger charge is -2.08. The lowest BCUT2D eigenvalue weighted by molar-refractivity contribution is -0.136. The Kier molecular flexibility index (Phi) is 4.44. The van der Waals surface area contributed by atoms with Gasteiger partial charge in [-0.3, -0.25) is 5.43 Å². The van der Waals surface area contributed by atoms with Gasteiger partial charge in [-0.2, -0.15) is 22.5 Å². The van der Waals surface area contributed by atoms with Gasteiger partial charge in [-0.15, -0.1) is 0 Å². The van der Waals surface area contributed by atoms with Crippen LogP contribution in [-0.2, 0) is 0 Å². The average Bonchev–Trinajstić information content (AvgIpc) is 2.25. The predicted molar refractivity (Wildman–Crippen MR) is 50.6 cm³/mol. The van der Waals surface area contributed by atoms with Gasteiger partial charge in [0.2, 0.25) is 11.8 Å². The summed E-state index contributed by atoms with van der Waals surface area (Å²) >= 11 is 0. The van der Waals surface area contributed by atoms with E-state index in [4.69, 9.17) is 10.6 Å². The zero-order valence-corrected chi connectivity index (χ0v) is 8.59. The molecule has 0 spiro atoms. The van der Waals surface area contributed by atoms with Crippen LogP contribution in [0.1, 0.15) is 12.8 Å². The zero-order chi connectivity index (χ0) is 12.9. The van der Waals surface area contributed by atoms with Crippen LogP contribution in [0.5, 0.6) is 5.88 Å². The van der Waals surface area contributed by atoms with E-state index in [0.29, 0.717) is 0 Å². The summed E-state index contributed by atoms with van der Waals surface area (Å²) in [6.45, 7) is -0.294. The molecule has 1 aromatic rings. The quantitative estimate of drug-likeness (QED) is 0.361. The molecule has 0 radical (unpaired) electrons. The van der Waals surface area contributed by atoms with Gasteiger partial charge >= 0.3 is 6.18 Å². The van der Waals surface area contributed by atoms with Crippen molar-refractivity contribution in [3.63, 3.8) is 0 Å². The molecule has 0 amide bonds. The first-order valence-electron chi connectivity index (χ1n) is 4.61. The molecule has 0 saturated carbocycles. The fraction of sp³-hybridized carbons (Fsp3) is 0.500. The number of nitrogens with zero attached hydrogens (tertiary/aromatic N) is 2. The minimum absolute atomic E-state index is 0.0859. The molecule has 96 valence electrons. The Bertz CT molecular complexity index is 371. The average molecular weight is 254 g/mol. The third-order valence-electron chi connectivity index (χ3n) is 1.68. The second kappa shape index (κ2) is 5.62. The summed E-state index contributed by atoms with van der Waals surface area (Å²) in [5.41, 5.74) is 2.06. The van der Waals surface area contributed by atoms with Crippen LogP contribution >= 0.6 is 0 Å². The van der Waals surface area contributed by atoms with E-state index in [0.717, 1.165) is 6.20 Å². The van der Waals surface area contributed by atoms with Gasteiger partial charge in [0.1, 0.15) is 0 Å². The summed E-state index contributed by atoms with van der Waals surface area (Å²) in [5.74, 6) is 3.59. The number of aromatic nitrogens is 2. The zero-order valence-electron chi connectivity index (χ0n) is 8.59. The van der Waals surface area contributed by atoms with Crippen molar-refractivity contribution in [3.8, 4) is 5.88 Å². The smallest absolute Gasteiger partial charge is 0.389 e. The second-order valence-electron chi connectivity index (χ2n) is 3.06. The molecule has 1 rings (SSSR count). The minimum Gasteiger partial charge on any atom is -0.475 e. The van der Waals surface area contributed by atoms with Crippen LogP contribution in [0.15, 0.2) is 6.20 Å². The number of hydrogen-bond acceptors (Lipinski definition) is 5. The summed E-state index contributed by atoms with van der Waals surface area (Å²) in [4.78, 5) is 6.94. The molecule has 3 N–H and O–H groups in total. The topological polar surface area (TPSA) is 73.1 Å². The molecule has 0 aliphatic rings. The van der Waals surface area contributed by atoms with Gasteiger partial charge in [0.15, 0.2) is 0 Å². The van der Waals surface area contributed by atoms with E-state index in [9.17, 15) is 17.6 Å². The Balaban J connectivity index is 2.46. The summed E-state index contributed by atoms with van der Waals surface area (Å²) in [7, 11) is 0. The SMILES string of the molecule is NNc1ncc(F)c(OCCCC(F)(F)F)n1. The number of anilines is 1. The Morgan fingerprint density at radius 2 is 2.12 bits per heavy atom. The Hall–Kier alpha value is -1.64. The van der Waals surface area contributed by atoms with Gasteiger partial charge in [0.05, 0.1) is 12.8 Å². The molecule has 5 nitrogen and oxygen atoms in total. The van der Waals surface area contributed by atoms with Crippen molar-refractivity contribution in [1.29, 1.82) is 0 Å². The fourth-order valence-corrected chi connectivity index (χ4v) is 0.964. The standard InChI is InChI=1S/C8H10F4N4O/c9-5-4-14-7(16-13)15-6(5)17-3-1-2-8(10,11)12/h4H,1-3,13H2,(H,14,15,16). The van der Waals surface area contributed by atoms with Crippen molar-refractivity contribution >= 4 is 5.95 Å². The van der Waals surface area contributed by atoms with E-state index in [1.165, 1.54) is 0 Å². The first-order chi connectivity index (χ1) is 7.92. The van der Waals surface area contributed by atoms with Crippen LogP contribution in [-0.4, -0.2) is 22.8 Å². The molecule has 0 aliphatic carbocycles. The largest absolute Gasteiger partial charge is 0.475 e. The molecular formula is C8H10F4N4O. The molecule has 17 heavy (non-hydrogen) atoms. The molecule has 0 aliphatic heterocycles. The number of ether oxygens (including phenoxy) is 1. The van der Waals surface area contributed by atoms with Gasteiger partial charge in [0, 0.05) is 6.42 Å². The molecule has 0 fully saturated rings. The molecule has 0 unspecified atom stereocenters. The molecule has 0 saturated heterocycles. The van der Waals surface area contributed by atoms with E-state index in [-0.39, 0.29) is 19.0 Å². The molecule has 0 bridgehead atoms. The van der Waals surface area contributed by atoms with E-state index in [2.05, 4.69) is 15.4 Å². The van der Waals surface area contributed by atoms with Crippen molar-refractivity contribution in [1.82, 2.24) is 9.97 Å². The van der Waals surface area contributed by atoms with Gasteiger partial charge in [-0.25, -0.2) is 10.8 Å². The maximum absolute atomic E-state index is 13.0. The number of halogens is 4. The van der Waals surface area contributed by atoms with Crippen molar-refractivity contribution in [3.05, 3.63) is 12.0 Å². The number of hydrazine groups is 1. The molecule has 0 aromatic carbocycles. The van der Waals surface area contributed by atoms with Gasteiger partial charge in [-0.05, 0) is 6.42 Å². The number of nitrogen functional groups attached to an aromatic ring is 1. The van der Waals surface area contributed by atoms with Crippen LogP contribution < -0.4 is 16.0 Å². The summed E-state index contributed by atoms with van der Waals surface area (Å²) < 4.78 is 53.2. The number of hydrogen-bond donors (Lipinski definition) is 2. The molecule has 1 aromatic heterocycles. The van der Waals surface area contributed by atoms with Crippen LogP contribution in [0.3, 0.4) is 0 Å². The highest BCUT2D eigenvalue weighted by Crippen LogP contribution is 2.21. The van der Waals surface area contributed by atoms with Crippen LogP contribution in [0.4, 0.5) is 23.5 Å². The first-order valence-corrected chi connectivity index (χ1v) is 4.61. The van der Waals surface area contributed by atoms with Crippen molar-refractivity contribution < 1.29 is 22.3 Å². The molecule has 9 heteroatoms. The minimum atomic E-state index is -4.25. The van der Waals surface area contributed by atoms with E-state index in [1.54, 1.807) is 0 Å². The first kappa shape index (κ1) is 13.4. The lowest BCUT2D eigenvalue weighted by Crippen LogP contribution is -2.13. The Morgan fingerprint density at radius 1 is 1.41 bits per heavy atom. The highest BCUT2D eigenvalue weighted by Gasteiger charge is 2.26. The number of nitrogens with one attached hydrogen (secondary N) is 1.